The molecular weight excluding hydrogens is 326 g/mol. The number of hydrogen-bond donors (Lipinski definition) is 0. The van der Waals surface area contributed by atoms with E-state index in [1.54, 1.807) is 6.08 Å². The van der Waals surface area contributed by atoms with Gasteiger partial charge in [0.2, 0.25) is 5.90 Å². The first kappa shape index (κ1) is 16.1. The van der Waals surface area contributed by atoms with E-state index in [0.717, 1.165) is 21.9 Å². The molecule has 1 aliphatic heterocycles. The van der Waals surface area contributed by atoms with Gasteiger partial charge in [-0.15, -0.1) is 0 Å². The summed E-state index contributed by atoms with van der Waals surface area (Å²) >= 11 is 0. The van der Waals surface area contributed by atoms with Crippen molar-refractivity contribution in [2.24, 2.45) is 4.99 Å². The summed E-state index contributed by atoms with van der Waals surface area (Å²) in [6.07, 6.45) is 1.70. The summed E-state index contributed by atoms with van der Waals surface area (Å²) in [5.41, 5.74) is 1.84. The van der Waals surface area contributed by atoms with Gasteiger partial charge in [0.25, 0.3) is 0 Å². The number of ether oxygens (including phenoxy) is 2. The molecule has 0 aromatic heterocycles. The molecule has 1 aliphatic rings. The normalized spacial score (nSPS) is 15.2. The van der Waals surface area contributed by atoms with Gasteiger partial charge in [0.15, 0.2) is 5.70 Å². The van der Waals surface area contributed by atoms with Gasteiger partial charge in [-0.25, -0.2) is 9.79 Å². The van der Waals surface area contributed by atoms with Gasteiger partial charge in [0.1, 0.15) is 5.75 Å². The number of nitrogens with zero attached hydrogens (tertiary/aromatic N) is 1. The van der Waals surface area contributed by atoms with E-state index in [9.17, 15) is 4.79 Å². The van der Waals surface area contributed by atoms with Crippen LogP contribution in [-0.4, -0.2) is 18.5 Å². The third-order valence-electron chi connectivity index (χ3n) is 4.13. The molecule has 0 saturated carbocycles. The fourth-order valence-corrected chi connectivity index (χ4v) is 2.89. The van der Waals surface area contributed by atoms with E-state index in [1.807, 2.05) is 73.7 Å². The molecule has 0 saturated heterocycles. The van der Waals surface area contributed by atoms with Gasteiger partial charge in [0, 0.05) is 11.1 Å². The molecule has 0 aliphatic carbocycles. The van der Waals surface area contributed by atoms with E-state index in [-0.39, 0.29) is 5.70 Å². The van der Waals surface area contributed by atoms with Gasteiger partial charge in [0.05, 0.1) is 6.61 Å². The highest BCUT2D eigenvalue weighted by Crippen LogP contribution is 2.25. The maximum atomic E-state index is 12.2. The minimum Gasteiger partial charge on any atom is -0.493 e. The topological polar surface area (TPSA) is 47.9 Å². The van der Waals surface area contributed by atoms with Crippen molar-refractivity contribution in [2.75, 3.05) is 6.61 Å². The molecule has 0 bridgehead atoms. The Labute approximate surface area is 151 Å². The van der Waals surface area contributed by atoms with E-state index in [0.29, 0.717) is 18.3 Å². The summed E-state index contributed by atoms with van der Waals surface area (Å²) in [4.78, 5) is 16.6. The third-order valence-corrected chi connectivity index (χ3v) is 4.13. The molecule has 4 rings (SSSR count). The monoisotopic (exact) mass is 343 g/mol. The molecule has 26 heavy (non-hydrogen) atoms. The number of carbonyl (C=O) groups is 1. The molecule has 0 amide bonds. The Morgan fingerprint density at radius 1 is 1.00 bits per heavy atom. The van der Waals surface area contributed by atoms with Crippen molar-refractivity contribution in [3.05, 3.63) is 83.6 Å². The molecule has 0 atom stereocenters. The van der Waals surface area contributed by atoms with Crippen LogP contribution in [0.5, 0.6) is 5.75 Å². The van der Waals surface area contributed by atoms with Crippen LogP contribution in [0.25, 0.3) is 16.8 Å². The molecule has 3 aromatic carbocycles. The Morgan fingerprint density at radius 3 is 2.62 bits per heavy atom. The van der Waals surface area contributed by atoms with Gasteiger partial charge >= 0.3 is 5.97 Å². The molecule has 128 valence electrons. The second-order valence-electron chi connectivity index (χ2n) is 5.87. The first-order valence-electron chi connectivity index (χ1n) is 8.48. The van der Waals surface area contributed by atoms with Gasteiger partial charge in [-0.05, 0) is 42.0 Å². The lowest BCUT2D eigenvalue weighted by molar-refractivity contribution is -0.129. The zero-order chi connectivity index (χ0) is 17.9. The summed E-state index contributed by atoms with van der Waals surface area (Å²) < 4.78 is 11.0. The van der Waals surface area contributed by atoms with Crippen molar-refractivity contribution in [3.8, 4) is 5.75 Å². The maximum Gasteiger partial charge on any atom is 0.363 e. The first-order valence-corrected chi connectivity index (χ1v) is 8.48. The van der Waals surface area contributed by atoms with Crippen LogP contribution >= 0.6 is 0 Å². The smallest absolute Gasteiger partial charge is 0.363 e. The van der Waals surface area contributed by atoms with Crippen LogP contribution in [0.3, 0.4) is 0 Å². The molecule has 0 spiro atoms. The Morgan fingerprint density at radius 2 is 1.77 bits per heavy atom. The van der Waals surface area contributed by atoms with Crippen molar-refractivity contribution in [2.45, 2.75) is 6.92 Å². The summed E-state index contributed by atoms with van der Waals surface area (Å²) in [5, 5.41) is 2.20. The number of cyclic esters (lactones) is 1. The van der Waals surface area contributed by atoms with Gasteiger partial charge in [-0.2, -0.15) is 0 Å². The lowest BCUT2D eigenvalue weighted by atomic mass is 10.1. The highest BCUT2D eigenvalue weighted by molar-refractivity contribution is 6.13. The van der Waals surface area contributed by atoms with E-state index in [1.165, 1.54) is 0 Å². The quantitative estimate of drug-likeness (QED) is 0.514. The van der Waals surface area contributed by atoms with Crippen molar-refractivity contribution in [1.82, 2.24) is 0 Å². The largest absolute Gasteiger partial charge is 0.493 e. The Hall–Kier alpha value is -3.40. The maximum absolute atomic E-state index is 12.2. The lowest BCUT2D eigenvalue weighted by Gasteiger charge is -2.06. The summed E-state index contributed by atoms with van der Waals surface area (Å²) in [6.45, 7) is 2.47. The van der Waals surface area contributed by atoms with Crippen LogP contribution in [0.1, 0.15) is 18.1 Å². The number of benzene rings is 3. The minimum absolute atomic E-state index is 0.264. The van der Waals surface area contributed by atoms with E-state index in [4.69, 9.17) is 9.47 Å². The van der Waals surface area contributed by atoms with Gasteiger partial charge in [-0.1, -0.05) is 48.5 Å². The fraction of sp³-hybridized carbons (Fsp3) is 0.0909. The van der Waals surface area contributed by atoms with Crippen molar-refractivity contribution >= 4 is 28.7 Å². The first-order chi connectivity index (χ1) is 12.7. The predicted molar refractivity (Wildman–Crippen MR) is 102 cm³/mol. The van der Waals surface area contributed by atoms with Crippen molar-refractivity contribution < 1.29 is 14.3 Å². The number of esters is 1. The zero-order valence-electron chi connectivity index (χ0n) is 14.3. The molecule has 4 heteroatoms. The summed E-state index contributed by atoms with van der Waals surface area (Å²) in [7, 11) is 0. The van der Waals surface area contributed by atoms with Crippen LogP contribution in [0.15, 0.2) is 77.4 Å². The number of rotatable bonds is 4. The molecule has 3 aromatic rings. The summed E-state index contributed by atoms with van der Waals surface area (Å²) in [6, 6.07) is 21.4. The highest BCUT2D eigenvalue weighted by atomic mass is 16.6. The van der Waals surface area contributed by atoms with Crippen molar-refractivity contribution in [1.29, 1.82) is 0 Å². The standard InChI is InChI=1S/C22H17NO3/c1-2-25-20-10-6-5-9-17(20)14-19-22(24)26-21(23-19)18-12-11-15-7-3-4-8-16(15)13-18/h3-14H,2H2,1H3/b19-14+. The zero-order valence-corrected chi connectivity index (χ0v) is 14.3. The molecular formula is C22H17NO3. The fourth-order valence-electron chi connectivity index (χ4n) is 2.89. The molecule has 4 nitrogen and oxygen atoms in total. The molecule has 0 fully saturated rings. The van der Waals surface area contributed by atoms with Crippen LogP contribution in [0.4, 0.5) is 0 Å². The average molecular weight is 343 g/mol. The van der Waals surface area contributed by atoms with E-state index >= 15 is 0 Å². The second-order valence-corrected chi connectivity index (χ2v) is 5.87. The van der Waals surface area contributed by atoms with E-state index in [2.05, 4.69) is 4.99 Å². The number of fused-ring (bicyclic) bond motifs is 1. The Kier molecular flexibility index (Phi) is 4.23. The van der Waals surface area contributed by atoms with Crippen LogP contribution in [0, 0.1) is 0 Å². The number of para-hydroxylation sites is 1. The molecule has 0 N–H and O–H groups in total. The molecule has 1 heterocycles. The second kappa shape index (κ2) is 6.84. The molecule has 0 unspecified atom stereocenters. The lowest BCUT2D eigenvalue weighted by Crippen LogP contribution is -2.05. The van der Waals surface area contributed by atoms with Crippen LogP contribution < -0.4 is 4.74 Å². The average Bonchev–Trinajstić information content (AvgIpc) is 3.04. The predicted octanol–water partition coefficient (Wildman–Crippen LogP) is 4.58. The van der Waals surface area contributed by atoms with Crippen LogP contribution in [-0.2, 0) is 9.53 Å². The third kappa shape index (κ3) is 3.09. The van der Waals surface area contributed by atoms with Gasteiger partial charge < -0.3 is 9.47 Å². The van der Waals surface area contributed by atoms with Crippen LogP contribution in [0.2, 0.25) is 0 Å². The highest BCUT2D eigenvalue weighted by Gasteiger charge is 2.24. The molecule has 0 radical (unpaired) electrons. The SMILES string of the molecule is CCOc1ccccc1/C=C1/N=C(c2ccc3ccccc3c2)OC1=O. The van der Waals surface area contributed by atoms with Crippen molar-refractivity contribution in [3.63, 3.8) is 0 Å². The Bertz CT molecular complexity index is 1050. The van der Waals surface area contributed by atoms with Gasteiger partial charge in [-0.3, -0.25) is 0 Å². The minimum atomic E-state index is -0.459. The summed E-state index contributed by atoms with van der Waals surface area (Å²) in [5.74, 6) is 0.574. The number of aliphatic imine (C=N–C) groups is 1. The number of hydrogen-bond acceptors (Lipinski definition) is 4. The Balaban J connectivity index is 1.71. The van der Waals surface area contributed by atoms with E-state index < -0.39 is 5.97 Å². The number of carbonyl (C=O) groups excluding carboxylic acids is 1.